The van der Waals surface area contributed by atoms with E-state index in [1.165, 1.54) is 13.0 Å². The van der Waals surface area contributed by atoms with Crippen LogP contribution in [0.4, 0.5) is 5.13 Å². The number of nitrogens with one attached hydrogen (secondary N) is 1. The summed E-state index contributed by atoms with van der Waals surface area (Å²) in [5, 5.41) is 3.09. The Bertz CT molecular complexity index is 1060. The minimum atomic E-state index is -0.355. The second kappa shape index (κ2) is 9.16. The van der Waals surface area contributed by atoms with E-state index < -0.39 is 0 Å². The molecule has 0 aliphatic carbocycles. The highest BCUT2D eigenvalue weighted by atomic mass is 32.1. The van der Waals surface area contributed by atoms with Gasteiger partial charge in [0.1, 0.15) is 11.5 Å². The van der Waals surface area contributed by atoms with Crippen molar-refractivity contribution in [1.82, 2.24) is 4.98 Å². The van der Waals surface area contributed by atoms with Crippen LogP contribution >= 0.6 is 11.3 Å². The third-order valence-corrected chi connectivity index (χ3v) is 5.15. The molecule has 3 aromatic rings. The predicted octanol–water partition coefficient (Wildman–Crippen LogP) is 4.68. The Morgan fingerprint density at radius 3 is 2.48 bits per heavy atom. The zero-order valence-electron chi connectivity index (χ0n) is 16.3. The van der Waals surface area contributed by atoms with Crippen molar-refractivity contribution in [3.63, 3.8) is 0 Å². The number of nitrogens with zero attached hydrogens (tertiary/aromatic N) is 1. The topological polar surface area (TPSA) is 77.5 Å². The summed E-state index contributed by atoms with van der Waals surface area (Å²) < 4.78 is 10.5. The van der Waals surface area contributed by atoms with Crippen molar-refractivity contribution in [2.45, 2.75) is 6.92 Å². The van der Waals surface area contributed by atoms with Crippen LogP contribution < -0.4 is 14.8 Å². The Labute approximate surface area is 172 Å². The number of benzene rings is 2. The number of ketones is 1. The number of methoxy groups -OCH3 is 2. The molecule has 29 heavy (non-hydrogen) atoms. The number of carbonyl (C=O) groups is 2. The highest BCUT2D eigenvalue weighted by molar-refractivity contribution is 7.18. The average molecular weight is 408 g/mol. The van der Waals surface area contributed by atoms with E-state index in [1.807, 2.05) is 30.3 Å². The van der Waals surface area contributed by atoms with E-state index in [1.54, 1.807) is 38.5 Å². The second-order valence-electron chi connectivity index (χ2n) is 6.05. The second-order valence-corrected chi connectivity index (χ2v) is 7.05. The summed E-state index contributed by atoms with van der Waals surface area (Å²) in [6.45, 7) is 1.49. The smallest absolute Gasteiger partial charge is 0.250 e. The molecule has 2 aromatic carbocycles. The molecular formula is C22H20N2O4S. The van der Waals surface area contributed by atoms with Gasteiger partial charge < -0.3 is 9.47 Å². The van der Waals surface area contributed by atoms with Crippen molar-refractivity contribution in [1.29, 1.82) is 0 Å². The maximum absolute atomic E-state index is 12.4. The number of ether oxygens (including phenoxy) is 2. The van der Waals surface area contributed by atoms with Gasteiger partial charge in [-0.15, -0.1) is 0 Å². The third-order valence-electron chi connectivity index (χ3n) is 4.08. The first-order valence-electron chi connectivity index (χ1n) is 8.80. The molecule has 1 heterocycles. The molecule has 0 bridgehead atoms. The van der Waals surface area contributed by atoms with Crippen LogP contribution in [0.1, 0.15) is 22.2 Å². The zero-order chi connectivity index (χ0) is 20.8. The van der Waals surface area contributed by atoms with Crippen LogP contribution in [0.15, 0.2) is 54.6 Å². The maximum Gasteiger partial charge on any atom is 0.250 e. The largest absolute Gasteiger partial charge is 0.497 e. The van der Waals surface area contributed by atoms with E-state index in [0.29, 0.717) is 27.2 Å². The number of thiazole rings is 1. The van der Waals surface area contributed by atoms with E-state index >= 15 is 0 Å². The third kappa shape index (κ3) is 4.89. The fourth-order valence-electron chi connectivity index (χ4n) is 2.67. The normalized spacial score (nSPS) is 10.7. The molecule has 0 fully saturated rings. The van der Waals surface area contributed by atoms with Crippen molar-refractivity contribution in [3.05, 3.63) is 65.0 Å². The van der Waals surface area contributed by atoms with Crippen LogP contribution in [0.25, 0.3) is 17.3 Å². The van der Waals surface area contributed by atoms with Crippen molar-refractivity contribution in [2.75, 3.05) is 19.5 Å². The van der Waals surface area contributed by atoms with Crippen molar-refractivity contribution in [2.24, 2.45) is 0 Å². The van der Waals surface area contributed by atoms with Crippen molar-refractivity contribution >= 4 is 34.2 Å². The molecule has 3 rings (SSSR count). The maximum atomic E-state index is 12.4. The first-order chi connectivity index (χ1) is 14.0. The molecule has 148 valence electrons. The van der Waals surface area contributed by atoms with Crippen LogP contribution in [-0.4, -0.2) is 30.9 Å². The first-order valence-corrected chi connectivity index (χ1v) is 9.61. The van der Waals surface area contributed by atoms with E-state index in [0.717, 1.165) is 22.5 Å². The number of Topliss-reactive ketones (excluding diaryl/α,β-unsaturated/α-hetero) is 1. The highest BCUT2D eigenvalue weighted by Gasteiger charge is 2.17. The molecule has 0 unspecified atom stereocenters. The van der Waals surface area contributed by atoms with Gasteiger partial charge in [-0.1, -0.05) is 41.7 Å². The fourth-order valence-corrected chi connectivity index (χ4v) is 3.56. The van der Waals surface area contributed by atoms with Crippen LogP contribution in [0.5, 0.6) is 11.5 Å². The molecule has 0 spiro atoms. The van der Waals surface area contributed by atoms with Crippen LogP contribution in [0, 0.1) is 0 Å². The molecule has 0 atom stereocenters. The average Bonchev–Trinajstić information content (AvgIpc) is 3.16. The summed E-state index contributed by atoms with van der Waals surface area (Å²) in [7, 11) is 3.13. The Morgan fingerprint density at radius 1 is 1.07 bits per heavy atom. The van der Waals surface area contributed by atoms with Crippen molar-refractivity contribution in [3.8, 4) is 22.8 Å². The lowest BCUT2D eigenvalue weighted by molar-refractivity contribution is -0.111. The minimum Gasteiger partial charge on any atom is -0.497 e. The van der Waals surface area contributed by atoms with Crippen molar-refractivity contribution < 1.29 is 19.1 Å². The van der Waals surface area contributed by atoms with E-state index in [2.05, 4.69) is 10.3 Å². The Hall–Kier alpha value is -3.45. The van der Waals surface area contributed by atoms with E-state index in [9.17, 15) is 9.59 Å². The van der Waals surface area contributed by atoms with E-state index in [4.69, 9.17) is 9.47 Å². The Morgan fingerprint density at radius 2 is 1.83 bits per heavy atom. The number of rotatable bonds is 7. The molecule has 0 aliphatic rings. The zero-order valence-corrected chi connectivity index (χ0v) is 17.1. The number of hydrogen-bond acceptors (Lipinski definition) is 6. The number of aromatic nitrogens is 1. The first kappa shape index (κ1) is 20.3. The molecule has 0 saturated carbocycles. The summed E-state index contributed by atoms with van der Waals surface area (Å²) in [6.07, 6.45) is 3.03. The van der Waals surface area contributed by atoms with E-state index in [-0.39, 0.29) is 11.7 Å². The van der Waals surface area contributed by atoms with Crippen LogP contribution in [0.2, 0.25) is 0 Å². The lowest BCUT2D eigenvalue weighted by Crippen LogP contribution is -2.07. The Kier molecular flexibility index (Phi) is 6.41. The summed E-state index contributed by atoms with van der Waals surface area (Å²) in [5.74, 6) is 0.802. The summed E-state index contributed by atoms with van der Waals surface area (Å²) >= 11 is 1.16. The quantitative estimate of drug-likeness (QED) is 0.454. The SMILES string of the molecule is COc1ccc(/C=C/C(=O)Nc2nc(-c3ccccc3)c(C(C)=O)s2)c(OC)c1. The molecule has 1 amide bonds. The monoisotopic (exact) mass is 408 g/mol. The highest BCUT2D eigenvalue weighted by Crippen LogP contribution is 2.31. The van der Waals surface area contributed by atoms with Crippen LogP contribution in [-0.2, 0) is 4.79 Å². The van der Waals surface area contributed by atoms with Gasteiger partial charge in [-0.2, -0.15) is 0 Å². The molecule has 1 aromatic heterocycles. The predicted molar refractivity (Wildman–Crippen MR) is 115 cm³/mol. The van der Waals surface area contributed by atoms with Crippen LogP contribution in [0.3, 0.4) is 0 Å². The summed E-state index contributed by atoms with van der Waals surface area (Å²) in [6, 6.07) is 14.7. The van der Waals surface area contributed by atoms with Gasteiger partial charge in [0.2, 0.25) is 5.91 Å². The summed E-state index contributed by atoms with van der Waals surface area (Å²) in [5.41, 5.74) is 2.13. The van der Waals surface area contributed by atoms with Gasteiger partial charge in [0.25, 0.3) is 0 Å². The van der Waals surface area contributed by atoms with Gasteiger partial charge >= 0.3 is 0 Å². The van der Waals surface area contributed by atoms with Gasteiger partial charge in [-0.3, -0.25) is 14.9 Å². The number of amides is 1. The molecule has 0 saturated heterocycles. The van der Waals surface area contributed by atoms with Gasteiger partial charge in [-0.05, 0) is 18.2 Å². The number of hydrogen-bond donors (Lipinski definition) is 1. The standard InChI is InChI=1S/C22H20N2O4S/c1-14(25)21-20(16-7-5-4-6-8-16)24-22(29-21)23-19(26)12-10-15-9-11-17(27-2)13-18(15)28-3/h4-13H,1-3H3,(H,23,24,26)/b12-10+. The van der Waals surface area contributed by atoms with Gasteiger partial charge in [-0.25, -0.2) is 4.98 Å². The lowest BCUT2D eigenvalue weighted by Gasteiger charge is -2.07. The Balaban J connectivity index is 1.79. The number of carbonyl (C=O) groups excluding carboxylic acids is 2. The van der Waals surface area contributed by atoms with Gasteiger partial charge in [0.05, 0.1) is 24.8 Å². The van der Waals surface area contributed by atoms with Gasteiger partial charge in [0.15, 0.2) is 10.9 Å². The molecule has 7 heteroatoms. The molecule has 0 radical (unpaired) electrons. The minimum absolute atomic E-state index is 0.0969. The lowest BCUT2D eigenvalue weighted by atomic mass is 10.1. The molecule has 6 nitrogen and oxygen atoms in total. The fraction of sp³-hybridized carbons (Fsp3) is 0.136. The summed E-state index contributed by atoms with van der Waals surface area (Å²) in [4.78, 5) is 29.3. The molecular weight excluding hydrogens is 388 g/mol. The van der Waals surface area contributed by atoms with Gasteiger partial charge in [0, 0.05) is 30.2 Å². The molecule has 1 N–H and O–H groups in total. The number of anilines is 1. The molecule has 0 aliphatic heterocycles.